The molecule has 4 heterocycles. The first-order valence-electron chi connectivity index (χ1n) is 31.4. The molecule has 0 aliphatic heterocycles. The van der Waals surface area contributed by atoms with Gasteiger partial charge in [0.2, 0.25) is 0 Å². The summed E-state index contributed by atoms with van der Waals surface area (Å²) in [5, 5.41) is 10.3. The highest BCUT2D eigenvalue weighted by Gasteiger charge is 2.58. The standard InChI is InChI=1S/C83H64N4/c1-9-26-73-65(18-1)66-19-2-10-27-74(66)84(73)61-42-34-57(35-43-61)50-53-83(60-40-48-64(49-41-60)87-79-32-15-7-24-71(79)72-25-8-16-33-80(72)87)55-81(58-36-44-62(45-37-58)85-75-28-11-3-20-67(75)68-21-4-12-29-76(68)85)51-17-52-82(54-81,56-83)59-38-46-63(47-39-59)86-77-30-13-5-22-69(77)70-23-6-14-31-78(70)86/h1-16,18-49H,17,50-56H2. The van der Waals surface area contributed by atoms with Gasteiger partial charge in [-0.2, -0.15) is 0 Å². The molecule has 4 heteroatoms. The van der Waals surface area contributed by atoms with Gasteiger partial charge >= 0.3 is 0 Å². The van der Waals surface area contributed by atoms with Gasteiger partial charge in [0.15, 0.2) is 0 Å². The molecule has 12 aromatic carbocycles. The number of benzene rings is 12. The molecule has 2 bridgehead atoms. The normalized spacial score (nSPS) is 18.8. The topological polar surface area (TPSA) is 19.7 Å². The Morgan fingerprint density at radius 1 is 0.241 bits per heavy atom. The third-order valence-corrected chi connectivity index (χ3v) is 21.0. The van der Waals surface area contributed by atoms with Crippen LogP contribution in [-0.4, -0.2) is 18.3 Å². The molecular weight excluding hydrogens is 1050 g/mol. The van der Waals surface area contributed by atoms with Gasteiger partial charge in [0, 0.05) is 65.8 Å². The SMILES string of the molecule is c1ccc2c(c1)c1ccccc1n2-c1ccc(CCC2(c3ccc(-n4c5ccccc5c5ccccc54)cc3)CC3(c4ccc(-n5c6ccccc6c6ccccc65)cc4)CCCC(c4ccc(-n5c6ccccc6c6ccccc65)cc4)(C3)C2)cc1. The Morgan fingerprint density at radius 2 is 0.483 bits per heavy atom. The molecule has 2 aliphatic rings. The number of nitrogens with zero attached hydrogens (tertiary/aromatic N) is 4. The fourth-order valence-corrected chi connectivity index (χ4v) is 17.4. The summed E-state index contributed by atoms with van der Waals surface area (Å²) in [7, 11) is 0. The zero-order valence-corrected chi connectivity index (χ0v) is 48.7. The summed E-state index contributed by atoms with van der Waals surface area (Å²) >= 11 is 0. The van der Waals surface area contributed by atoms with E-state index in [4.69, 9.17) is 0 Å². The largest absolute Gasteiger partial charge is 0.309 e. The quantitative estimate of drug-likeness (QED) is 0.130. The van der Waals surface area contributed by atoms with Crippen LogP contribution in [0.5, 0.6) is 0 Å². The van der Waals surface area contributed by atoms with Crippen molar-refractivity contribution in [2.45, 2.75) is 67.6 Å². The van der Waals surface area contributed by atoms with E-state index in [0.29, 0.717) is 0 Å². The molecule has 16 aromatic rings. The van der Waals surface area contributed by atoms with Crippen molar-refractivity contribution in [1.82, 2.24) is 18.3 Å². The molecule has 2 saturated carbocycles. The van der Waals surface area contributed by atoms with Crippen molar-refractivity contribution in [2.24, 2.45) is 0 Å². The minimum atomic E-state index is -0.180. The minimum absolute atomic E-state index is 0.0900. The average Bonchev–Trinajstić information content (AvgIpc) is 1.74. The number of aromatic nitrogens is 4. The van der Waals surface area contributed by atoms with Gasteiger partial charge in [-0.1, -0.05) is 201 Å². The maximum Gasteiger partial charge on any atom is 0.0541 e. The first-order valence-corrected chi connectivity index (χ1v) is 31.4. The van der Waals surface area contributed by atoms with E-state index in [-0.39, 0.29) is 16.2 Å². The molecule has 0 N–H and O–H groups in total. The van der Waals surface area contributed by atoms with Crippen molar-refractivity contribution in [3.63, 3.8) is 0 Å². The summed E-state index contributed by atoms with van der Waals surface area (Å²) in [5.41, 5.74) is 20.2. The summed E-state index contributed by atoms with van der Waals surface area (Å²) in [6.07, 6.45) is 8.73. The van der Waals surface area contributed by atoms with Gasteiger partial charge in [-0.3, -0.25) is 0 Å². The average molecular weight is 1120 g/mol. The van der Waals surface area contributed by atoms with Crippen LogP contribution in [0.25, 0.3) is 110 Å². The Bertz CT molecular complexity index is 4950. The zero-order chi connectivity index (χ0) is 57.3. The Hall–Kier alpha value is -10.2. The van der Waals surface area contributed by atoms with Gasteiger partial charge in [0.25, 0.3) is 0 Å². The highest BCUT2D eigenvalue weighted by Crippen LogP contribution is 2.64. The Labute approximate surface area is 506 Å². The van der Waals surface area contributed by atoms with Gasteiger partial charge in [-0.05, 0) is 181 Å². The lowest BCUT2D eigenvalue weighted by molar-refractivity contribution is 0.0460. The molecule has 2 fully saturated rings. The monoisotopic (exact) mass is 1120 g/mol. The van der Waals surface area contributed by atoms with Gasteiger partial charge in [-0.25, -0.2) is 0 Å². The molecule has 18 rings (SSSR count). The number of para-hydroxylation sites is 8. The van der Waals surface area contributed by atoms with Crippen LogP contribution in [0.1, 0.15) is 67.2 Å². The van der Waals surface area contributed by atoms with Crippen LogP contribution in [-0.2, 0) is 22.7 Å². The van der Waals surface area contributed by atoms with Crippen molar-refractivity contribution in [3.8, 4) is 22.7 Å². The van der Waals surface area contributed by atoms with Crippen LogP contribution in [0.15, 0.2) is 291 Å². The van der Waals surface area contributed by atoms with Crippen molar-refractivity contribution in [3.05, 3.63) is 313 Å². The Balaban J connectivity index is 0.800. The Morgan fingerprint density at radius 3 is 0.759 bits per heavy atom. The molecule has 2 atom stereocenters. The van der Waals surface area contributed by atoms with Gasteiger partial charge in [-0.15, -0.1) is 0 Å². The lowest BCUT2D eigenvalue weighted by atomic mass is 9.43. The third-order valence-electron chi connectivity index (χ3n) is 21.0. The lowest BCUT2D eigenvalue weighted by Crippen LogP contribution is -2.55. The molecule has 2 unspecified atom stereocenters. The van der Waals surface area contributed by atoms with E-state index in [0.717, 1.165) is 44.9 Å². The van der Waals surface area contributed by atoms with Gasteiger partial charge in [0.05, 0.1) is 44.1 Å². The van der Waals surface area contributed by atoms with Crippen LogP contribution in [0, 0.1) is 0 Å². The maximum atomic E-state index is 2.55. The van der Waals surface area contributed by atoms with Gasteiger partial charge < -0.3 is 18.3 Å². The predicted octanol–water partition coefficient (Wildman–Crippen LogP) is 21.2. The maximum absolute atomic E-state index is 2.55. The highest BCUT2D eigenvalue weighted by molar-refractivity contribution is 6.12. The van der Waals surface area contributed by atoms with Crippen LogP contribution in [0.4, 0.5) is 0 Å². The molecule has 0 amide bonds. The Kier molecular flexibility index (Phi) is 11.2. The van der Waals surface area contributed by atoms with Gasteiger partial charge in [0.1, 0.15) is 0 Å². The number of rotatable bonds is 10. The molecular formula is C83H64N4. The molecule has 4 nitrogen and oxygen atoms in total. The predicted molar refractivity (Wildman–Crippen MR) is 364 cm³/mol. The molecule has 0 spiro atoms. The third kappa shape index (κ3) is 7.69. The zero-order valence-electron chi connectivity index (χ0n) is 48.7. The smallest absolute Gasteiger partial charge is 0.0541 e. The summed E-state index contributed by atoms with van der Waals surface area (Å²) in [5.74, 6) is 0. The lowest BCUT2D eigenvalue weighted by Gasteiger charge is -2.60. The fraction of sp³-hybridized carbons (Fsp3) is 0.133. The molecule has 416 valence electrons. The number of hydrogen-bond donors (Lipinski definition) is 0. The molecule has 0 radical (unpaired) electrons. The molecule has 4 aromatic heterocycles. The van der Waals surface area contributed by atoms with E-state index in [1.165, 1.54) is 139 Å². The molecule has 87 heavy (non-hydrogen) atoms. The summed E-state index contributed by atoms with van der Waals surface area (Å²) in [6, 6.07) is 111. The molecule has 0 saturated heterocycles. The van der Waals surface area contributed by atoms with E-state index in [1.54, 1.807) is 0 Å². The van der Waals surface area contributed by atoms with Crippen LogP contribution in [0.3, 0.4) is 0 Å². The van der Waals surface area contributed by atoms with E-state index >= 15 is 0 Å². The van der Waals surface area contributed by atoms with Crippen molar-refractivity contribution >= 4 is 87.2 Å². The summed E-state index contributed by atoms with van der Waals surface area (Å²) in [6.45, 7) is 0. The van der Waals surface area contributed by atoms with E-state index < -0.39 is 0 Å². The highest BCUT2D eigenvalue weighted by atomic mass is 15.0. The number of aryl methyl sites for hydroxylation is 1. The van der Waals surface area contributed by atoms with Crippen molar-refractivity contribution < 1.29 is 0 Å². The summed E-state index contributed by atoms with van der Waals surface area (Å²) in [4.78, 5) is 0. The van der Waals surface area contributed by atoms with Crippen LogP contribution < -0.4 is 0 Å². The van der Waals surface area contributed by atoms with E-state index in [1.807, 2.05) is 0 Å². The first kappa shape index (κ1) is 50.2. The second-order valence-electron chi connectivity index (χ2n) is 25.5. The number of fused-ring (bicyclic) bond motifs is 14. The first-order chi connectivity index (χ1) is 43.0. The van der Waals surface area contributed by atoms with Crippen molar-refractivity contribution in [2.75, 3.05) is 0 Å². The second-order valence-corrected chi connectivity index (χ2v) is 25.5. The van der Waals surface area contributed by atoms with E-state index in [9.17, 15) is 0 Å². The van der Waals surface area contributed by atoms with Crippen LogP contribution in [0.2, 0.25) is 0 Å². The van der Waals surface area contributed by atoms with Crippen molar-refractivity contribution in [1.29, 1.82) is 0 Å². The second kappa shape index (κ2) is 19.4. The minimum Gasteiger partial charge on any atom is -0.309 e. The fourth-order valence-electron chi connectivity index (χ4n) is 17.4. The van der Waals surface area contributed by atoms with E-state index in [2.05, 4.69) is 309 Å². The molecule has 2 aliphatic carbocycles. The number of hydrogen-bond acceptors (Lipinski definition) is 0. The summed E-state index contributed by atoms with van der Waals surface area (Å²) < 4.78 is 9.89. The van der Waals surface area contributed by atoms with Crippen LogP contribution >= 0.6 is 0 Å².